The second-order valence-electron chi connectivity index (χ2n) is 4.69. The molecule has 0 spiro atoms. The number of nitrogens with one attached hydrogen (secondary N) is 1. The number of pyridine rings is 2. The number of rotatable bonds is 4. The Morgan fingerprint density at radius 1 is 1.00 bits per heavy atom. The molecule has 0 fully saturated rings. The Labute approximate surface area is 130 Å². The predicted molar refractivity (Wildman–Crippen MR) is 85.7 cm³/mol. The van der Waals surface area contributed by atoms with Gasteiger partial charge in [-0.05, 0) is 29.8 Å². The first-order chi connectivity index (χ1) is 10.9. The van der Waals surface area contributed by atoms with Crippen molar-refractivity contribution in [3.8, 4) is 11.3 Å². The standard InChI is InChI=1S/C15H12N6S/c1-5-16-6-2-11(1)9-18-14-20-21-13(10-19-15(21)22-14)12-3-7-17-8-4-12/h1-8,10H,9H2,(H,18,20). The van der Waals surface area contributed by atoms with Crippen LogP contribution in [0, 0.1) is 0 Å². The van der Waals surface area contributed by atoms with Crippen LogP contribution in [0.3, 0.4) is 0 Å². The third-order valence-electron chi connectivity index (χ3n) is 3.25. The zero-order valence-electron chi connectivity index (χ0n) is 11.5. The van der Waals surface area contributed by atoms with Gasteiger partial charge in [0.05, 0.1) is 11.9 Å². The van der Waals surface area contributed by atoms with E-state index in [1.54, 1.807) is 24.8 Å². The van der Waals surface area contributed by atoms with E-state index in [2.05, 4.69) is 25.4 Å². The molecule has 4 aromatic heterocycles. The third-order valence-corrected chi connectivity index (χ3v) is 4.13. The molecule has 6 nitrogen and oxygen atoms in total. The maximum Gasteiger partial charge on any atom is 0.214 e. The van der Waals surface area contributed by atoms with Gasteiger partial charge in [-0.3, -0.25) is 9.97 Å². The average Bonchev–Trinajstić information content (AvgIpc) is 3.15. The van der Waals surface area contributed by atoms with Gasteiger partial charge in [-0.25, -0.2) is 9.50 Å². The van der Waals surface area contributed by atoms with Crippen molar-refractivity contribution in [2.75, 3.05) is 5.32 Å². The minimum Gasteiger partial charge on any atom is -0.356 e. The summed E-state index contributed by atoms with van der Waals surface area (Å²) in [5, 5.41) is 8.75. The number of aromatic nitrogens is 5. The largest absolute Gasteiger partial charge is 0.356 e. The summed E-state index contributed by atoms with van der Waals surface area (Å²) in [5.74, 6) is 0. The van der Waals surface area contributed by atoms with Crippen molar-refractivity contribution in [3.05, 3.63) is 60.8 Å². The van der Waals surface area contributed by atoms with Crippen molar-refractivity contribution in [1.82, 2.24) is 24.6 Å². The topological polar surface area (TPSA) is 68.0 Å². The third kappa shape index (κ3) is 2.42. The van der Waals surface area contributed by atoms with Crippen LogP contribution in [0.4, 0.5) is 5.13 Å². The van der Waals surface area contributed by atoms with E-state index in [4.69, 9.17) is 0 Å². The van der Waals surface area contributed by atoms with E-state index in [-0.39, 0.29) is 0 Å². The molecule has 4 aromatic rings. The van der Waals surface area contributed by atoms with Crippen molar-refractivity contribution in [1.29, 1.82) is 0 Å². The number of anilines is 1. The number of hydrogen-bond donors (Lipinski definition) is 1. The van der Waals surface area contributed by atoms with Crippen molar-refractivity contribution in [3.63, 3.8) is 0 Å². The Kier molecular flexibility index (Phi) is 3.24. The highest BCUT2D eigenvalue weighted by atomic mass is 32.1. The van der Waals surface area contributed by atoms with Crippen molar-refractivity contribution < 1.29 is 0 Å². The van der Waals surface area contributed by atoms with E-state index in [0.29, 0.717) is 6.54 Å². The number of imidazole rings is 1. The molecule has 0 radical (unpaired) electrons. The van der Waals surface area contributed by atoms with E-state index in [9.17, 15) is 0 Å². The summed E-state index contributed by atoms with van der Waals surface area (Å²) in [6, 6.07) is 7.86. The minimum absolute atomic E-state index is 0.712. The van der Waals surface area contributed by atoms with E-state index < -0.39 is 0 Å². The maximum atomic E-state index is 4.59. The van der Waals surface area contributed by atoms with Crippen LogP contribution in [0.5, 0.6) is 0 Å². The van der Waals surface area contributed by atoms with Crippen LogP contribution < -0.4 is 5.32 Å². The quantitative estimate of drug-likeness (QED) is 0.628. The average molecular weight is 308 g/mol. The van der Waals surface area contributed by atoms with Gasteiger partial charge in [-0.15, -0.1) is 5.10 Å². The molecule has 0 aliphatic heterocycles. The number of hydrogen-bond acceptors (Lipinski definition) is 6. The molecular weight excluding hydrogens is 296 g/mol. The molecule has 7 heteroatoms. The molecule has 0 unspecified atom stereocenters. The summed E-state index contributed by atoms with van der Waals surface area (Å²) in [7, 11) is 0. The maximum absolute atomic E-state index is 4.59. The number of nitrogens with zero attached hydrogens (tertiary/aromatic N) is 5. The molecule has 22 heavy (non-hydrogen) atoms. The van der Waals surface area contributed by atoms with Gasteiger partial charge in [0.2, 0.25) is 10.1 Å². The van der Waals surface area contributed by atoms with Crippen LogP contribution in [0.15, 0.2) is 55.2 Å². The first-order valence-electron chi connectivity index (χ1n) is 6.78. The lowest BCUT2D eigenvalue weighted by atomic mass is 10.2. The van der Waals surface area contributed by atoms with Gasteiger partial charge < -0.3 is 5.32 Å². The fourth-order valence-corrected chi connectivity index (χ4v) is 2.93. The van der Waals surface area contributed by atoms with Gasteiger partial charge in [0.1, 0.15) is 0 Å². The van der Waals surface area contributed by atoms with Gasteiger partial charge in [-0.1, -0.05) is 11.3 Å². The Balaban J connectivity index is 1.60. The molecule has 1 N–H and O–H groups in total. The minimum atomic E-state index is 0.712. The molecule has 108 valence electrons. The highest BCUT2D eigenvalue weighted by molar-refractivity contribution is 7.20. The summed E-state index contributed by atoms with van der Waals surface area (Å²) in [5.41, 5.74) is 3.18. The lowest BCUT2D eigenvalue weighted by Crippen LogP contribution is -2.00. The normalized spacial score (nSPS) is 10.9. The van der Waals surface area contributed by atoms with Crippen LogP contribution in [-0.4, -0.2) is 24.6 Å². The Morgan fingerprint density at radius 3 is 2.50 bits per heavy atom. The molecule has 0 amide bonds. The lowest BCUT2D eigenvalue weighted by molar-refractivity contribution is 0.967. The molecule has 0 atom stereocenters. The SMILES string of the molecule is c1cc(CNc2nn3c(-c4ccncc4)cnc3s2)ccn1. The van der Waals surface area contributed by atoms with Crippen molar-refractivity contribution >= 4 is 21.4 Å². The Hall–Kier alpha value is -2.80. The van der Waals surface area contributed by atoms with Crippen molar-refractivity contribution in [2.45, 2.75) is 6.54 Å². The van der Waals surface area contributed by atoms with Gasteiger partial charge in [0.25, 0.3) is 0 Å². The molecule has 4 heterocycles. The van der Waals surface area contributed by atoms with E-state index >= 15 is 0 Å². The first-order valence-corrected chi connectivity index (χ1v) is 7.59. The molecule has 0 saturated carbocycles. The molecule has 0 aliphatic rings. The second-order valence-corrected chi connectivity index (χ2v) is 5.65. The Bertz CT molecular complexity index is 884. The van der Waals surface area contributed by atoms with Gasteiger partial charge in [-0.2, -0.15) is 0 Å². The first kappa shape index (κ1) is 12.9. The van der Waals surface area contributed by atoms with Crippen LogP contribution in [0.2, 0.25) is 0 Å². The van der Waals surface area contributed by atoms with Crippen LogP contribution in [-0.2, 0) is 6.54 Å². The summed E-state index contributed by atoms with van der Waals surface area (Å²) >= 11 is 1.53. The highest BCUT2D eigenvalue weighted by Gasteiger charge is 2.11. The van der Waals surface area contributed by atoms with Gasteiger partial charge >= 0.3 is 0 Å². The molecule has 0 saturated heterocycles. The summed E-state index contributed by atoms with van der Waals surface area (Å²) < 4.78 is 1.86. The van der Waals surface area contributed by atoms with Crippen LogP contribution in [0.1, 0.15) is 5.56 Å². The van der Waals surface area contributed by atoms with E-state index in [1.807, 2.05) is 35.0 Å². The summed E-state index contributed by atoms with van der Waals surface area (Å²) in [4.78, 5) is 13.3. The molecule has 0 bridgehead atoms. The summed E-state index contributed by atoms with van der Waals surface area (Å²) in [6.45, 7) is 0.712. The molecule has 0 aromatic carbocycles. The fourth-order valence-electron chi connectivity index (χ4n) is 2.16. The fraction of sp³-hybridized carbons (Fsp3) is 0.0667. The highest BCUT2D eigenvalue weighted by Crippen LogP contribution is 2.25. The van der Waals surface area contributed by atoms with Gasteiger partial charge in [0.15, 0.2) is 0 Å². The Morgan fingerprint density at radius 2 is 1.73 bits per heavy atom. The second kappa shape index (κ2) is 5.53. The van der Waals surface area contributed by atoms with Gasteiger partial charge in [0, 0.05) is 36.9 Å². The summed E-state index contributed by atoms with van der Waals surface area (Å²) in [6.07, 6.45) is 8.94. The lowest BCUT2D eigenvalue weighted by Gasteiger charge is -2.01. The predicted octanol–water partition coefficient (Wildman–Crippen LogP) is 2.86. The van der Waals surface area contributed by atoms with Crippen LogP contribution >= 0.6 is 11.3 Å². The molecule has 0 aliphatic carbocycles. The van der Waals surface area contributed by atoms with E-state index in [1.165, 1.54) is 11.3 Å². The monoisotopic (exact) mass is 308 g/mol. The van der Waals surface area contributed by atoms with E-state index in [0.717, 1.165) is 26.9 Å². The molecular formula is C15H12N6S. The zero-order chi connectivity index (χ0) is 14.8. The van der Waals surface area contributed by atoms with Crippen LogP contribution in [0.25, 0.3) is 16.2 Å². The number of fused-ring (bicyclic) bond motifs is 1. The van der Waals surface area contributed by atoms with Crippen molar-refractivity contribution in [2.24, 2.45) is 0 Å². The molecule has 4 rings (SSSR count). The smallest absolute Gasteiger partial charge is 0.214 e. The zero-order valence-corrected chi connectivity index (χ0v) is 12.4.